The number of aliphatic imine (C=N–C) groups is 1. The fourth-order valence-corrected chi connectivity index (χ4v) is 3.78. The number of hydrogen-bond donors (Lipinski definition) is 2. The summed E-state index contributed by atoms with van der Waals surface area (Å²) in [4.78, 5) is 17.1. The molecule has 0 saturated heterocycles. The van der Waals surface area contributed by atoms with Crippen LogP contribution in [-0.4, -0.2) is 29.8 Å². The number of hydrogen-bond acceptors (Lipinski definition) is 6. The van der Waals surface area contributed by atoms with Gasteiger partial charge in [0, 0.05) is 27.9 Å². The highest BCUT2D eigenvalue weighted by atomic mass is 32.1. The lowest BCUT2D eigenvalue weighted by Gasteiger charge is -2.15. The highest BCUT2D eigenvalue weighted by Gasteiger charge is 2.16. The van der Waals surface area contributed by atoms with Gasteiger partial charge in [-0.1, -0.05) is 12.1 Å². The monoisotopic (exact) mass is 421 g/mol. The molecule has 0 amide bonds. The molecule has 1 heterocycles. The Morgan fingerprint density at radius 2 is 1.97 bits per heavy atom. The molecule has 3 aromatic rings. The van der Waals surface area contributed by atoms with Crippen molar-refractivity contribution in [2.24, 2.45) is 4.99 Å². The summed E-state index contributed by atoms with van der Waals surface area (Å²) >= 11 is 1.29. The molecule has 0 fully saturated rings. The van der Waals surface area contributed by atoms with Crippen LogP contribution in [0.15, 0.2) is 47.5 Å². The molecule has 0 saturated carbocycles. The number of benzene rings is 2. The molecule has 0 aliphatic rings. The third-order valence-corrected chi connectivity index (χ3v) is 5.67. The molecule has 0 bridgehead atoms. The van der Waals surface area contributed by atoms with Crippen LogP contribution in [0.5, 0.6) is 0 Å². The second-order valence-electron chi connectivity index (χ2n) is 7.39. The first-order valence-electron chi connectivity index (χ1n) is 9.13. The van der Waals surface area contributed by atoms with Crippen LogP contribution < -0.4 is 5.73 Å². The van der Waals surface area contributed by atoms with E-state index in [4.69, 9.17) is 11.0 Å². The van der Waals surface area contributed by atoms with E-state index >= 15 is 0 Å². The van der Waals surface area contributed by atoms with Gasteiger partial charge in [-0.25, -0.2) is 4.39 Å². The van der Waals surface area contributed by atoms with Gasteiger partial charge in [-0.3, -0.25) is 9.79 Å². The van der Waals surface area contributed by atoms with Gasteiger partial charge in [-0.15, -0.1) is 11.3 Å². The van der Waals surface area contributed by atoms with Crippen molar-refractivity contribution in [2.45, 2.75) is 19.4 Å². The van der Waals surface area contributed by atoms with Gasteiger partial charge in [0.15, 0.2) is 6.29 Å². The molecule has 3 N–H and O–H groups in total. The molecule has 0 aliphatic heterocycles. The second-order valence-corrected chi connectivity index (χ2v) is 8.47. The molecular weight excluding hydrogens is 401 g/mol. The first-order valence-corrected chi connectivity index (χ1v) is 9.94. The van der Waals surface area contributed by atoms with Gasteiger partial charge in [0.2, 0.25) is 0 Å². The topological polar surface area (TPSA) is 99.5 Å². The molecule has 3 rings (SSSR count). The number of aliphatic hydroxyl groups is 1. The Balaban J connectivity index is 2.12. The third kappa shape index (κ3) is 4.46. The number of anilines is 1. The third-order valence-electron chi connectivity index (χ3n) is 4.56. The smallest absolute Gasteiger partial charge is 0.160 e. The van der Waals surface area contributed by atoms with Gasteiger partial charge in [0.1, 0.15) is 11.9 Å². The molecule has 0 radical (unpaired) electrons. The van der Waals surface area contributed by atoms with Gasteiger partial charge >= 0.3 is 0 Å². The number of nitrogens with zero attached hydrogens (tertiary/aromatic N) is 2. The lowest BCUT2D eigenvalue weighted by atomic mass is 9.99. The van der Waals surface area contributed by atoms with Gasteiger partial charge in [-0.2, -0.15) is 5.26 Å². The number of rotatable bonds is 6. The van der Waals surface area contributed by atoms with E-state index in [9.17, 15) is 14.3 Å². The zero-order chi connectivity index (χ0) is 21.9. The van der Waals surface area contributed by atoms with E-state index in [0.717, 1.165) is 16.7 Å². The number of carbonyl (C=O) groups excluding carboxylic acids is 1. The number of aliphatic hydroxyl groups excluding tert-OH is 1. The summed E-state index contributed by atoms with van der Waals surface area (Å²) in [6.07, 6.45) is 2.37. The van der Waals surface area contributed by atoms with Crippen LogP contribution in [0.4, 0.5) is 10.1 Å². The predicted molar refractivity (Wildman–Crippen MR) is 118 cm³/mol. The molecule has 0 atom stereocenters. The maximum absolute atomic E-state index is 14.2. The van der Waals surface area contributed by atoms with Crippen LogP contribution in [0, 0.1) is 17.1 Å². The highest BCUT2D eigenvalue weighted by Crippen LogP contribution is 2.40. The van der Waals surface area contributed by atoms with Gasteiger partial charge in [0.25, 0.3) is 0 Å². The minimum Gasteiger partial charge on any atom is -0.398 e. The summed E-state index contributed by atoms with van der Waals surface area (Å²) in [5, 5.41) is 18.4. The van der Waals surface area contributed by atoms with Crippen molar-refractivity contribution in [3.8, 4) is 27.6 Å². The van der Waals surface area contributed by atoms with E-state index in [1.807, 2.05) is 12.1 Å². The molecule has 0 aliphatic carbocycles. The van der Waals surface area contributed by atoms with Gasteiger partial charge in [0.05, 0.1) is 22.6 Å². The number of nitrogens with two attached hydrogens (primary N) is 1. The maximum atomic E-state index is 14.2. The van der Waals surface area contributed by atoms with Crippen molar-refractivity contribution < 1.29 is 14.3 Å². The van der Waals surface area contributed by atoms with Crippen LogP contribution in [0.3, 0.4) is 0 Å². The average Bonchev–Trinajstić information content (AvgIpc) is 3.17. The lowest BCUT2D eigenvalue weighted by Crippen LogP contribution is -2.22. The van der Waals surface area contributed by atoms with Gasteiger partial charge < -0.3 is 10.8 Å². The normalized spacial score (nSPS) is 11.6. The van der Waals surface area contributed by atoms with Crippen LogP contribution in [0.2, 0.25) is 0 Å². The summed E-state index contributed by atoms with van der Waals surface area (Å²) in [5.74, 6) is -0.615. The van der Waals surface area contributed by atoms with Crippen molar-refractivity contribution in [1.82, 2.24) is 0 Å². The standard InChI is InChI=1S/C23H20FN3O2S/c1-23(2,13-29)27-11-17-7-15(5-6-21(17)26)22-19(9-18(12-28)30-22)14-3-4-16(10-25)20(24)8-14/h3-9,11-12,29H,13,26H2,1-2H3. The predicted octanol–water partition coefficient (Wildman–Crippen LogP) is 4.68. The average molecular weight is 421 g/mol. The van der Waals surface area contributed by atoms with E-state index < -0.39 is 11.4 Å². The summed E-state index contributed by atoms with van der Waals surface area (Å²) in [6.45, 7) is 3.50. The number of nitriles is 1. The number of aldehydes is 1. The molecule has 2 aromatic carbocycles. The second kappa shape index (κ2) is 8.57. The summed E-state index contributed by atoms with van der Waals surface area (Å²) < 4.78 is 14.2. The molecule has 7 heteroatoms. The van der Waals surface area contributed by atoms with Crippen molar-refractivity contribution in [1.29, 1.82) is 5.26 Å². The maximum Gasteiger partial charge on any atom is 0.160 e. The van der Waals surface area contributed by atoms with Crippen molar-refractivity contribution in [3.63, 3.8) is 0 Å². The molecule has 0 unspecified atom stereocenters. The van der Waals surface area contributed by atoms with E-state index in [-0.39, 0.29) is 12.2 Å². The Morgan fingerprint density at radius 3 is 2.60 bits per heavy atom. The Kier molecular flexibility index (Phi) is 6.11. The Hall–Kier alpha value is -3.34. The van der Waals surface area contributed by atoms with Crippen LogP contribution >= 0.6 is 11.3 Å². The molecule has 5 nitrogen and oxygen atoms in total. The summed E-state index contributed by atoms with van der Waals surface area (Å²) in [7, 11) is 0. The van der Waals surface area contributed by atoms with Crippen molar-refractivity contribution in [3.05, 3.63) is 64.3 Å². The molecule has 152 valence electrons. The lowest BCUT2D eigenvalue weighted by molar-refractivity contribution is 0.112. The van der Waals surface area contributed by atoms with E-state index in [0.29, 0.717) is 27.3 Å². The molecule has 0 spiro atoms. The quantitative estimate of drug-likeness (QED) is 0.343. The highest BCUT2D eigenvalue weighted by molar-refractivity contribution is 7.17. The minimum absolute atomic E-state index is 0.0383. The zero-order valence-corrected chi connectivity index (χ0v) is 17.3. The number of carbonyl (C=O) groups is 1. The Bertz CT molecular complexity index is 1180. The fourth-order valence-electron chi connectivity index (χ4n) is 2.78. The first-order chi connectivity index (χ1) is 14.3. The zero-order valence-electron chi connectivity index (χ0n) is 16.5. The summed E-state index contributed by atoms with van der Waals surface area (Å²) in [6, 6.07) is 13.3. The largest absolute Gasteiger partial charge is 0.398 e. The SMILES string of the molecule is CC(C)(CO)N=Cc1cc(-c2sc(C=O)cc2-c2ccc(C#N)c(F)c2)ccc1N. The number of nitrogen functional groups attached to an aromatic ring is 1. The van der Waals surface area contributed by atoms with Crippen molar-refractivity contribution >= 4 is 29.5 Å². The van der Waals surface area contributed by atoms with E-state index in [1.54, 1.807) is 44.3 Å². The fraction of sp³-hybridized carbons (Fsp3) is 0.174. The van der Waals surface area contributed by atoms with E-state index in [2.05, 4.69) is 4.99 Å². The molecular formula is C23H20FN3O2S. The minimum atomic E-state index is -0.638. The van der Waals surface area contributed by atoms with Crippen LogP contribution in [-0.2, 0) is 0 Å². The summed E-state index contributed by atoms with van der Waals surface area (Å²) in [5.41, 5.74) is 8.66. The van der Waals surface area contributed by atoms with Crippen LogP contribution in [0.25, 0.3) is 21.6 Å². The van der Waals surface area contributed by atoms with Crippen molar-refractivity contribution in [2.75, 3.05) is 12.3 Å². The number of halogens is 1. The molecule has 30 heavy (non-hydrogen) atoms. The Labute approximate surface area is 177 Å². The number of thiophene rings is 1. The molecule has 1 aromatic heterocycles. The van der Waals surface area contributed by atoms with Crippen LogP contribution in [0.1, 0.15) is 34.6 Å². The first kappa shape index (κ1) is 21.4. The Morgan fingerprint density at radius 1 is 1.23 bits per heavy atom. The van der Waals surface area contributed by atoms with E-state index in [1.165, 1.54) is 23.5 Å². The van der Waals surface area contributed by atoms with Gasteiger partial charge in [-0.05, 0) is 55.3 Å².